The average Bonchev–Trinajstić information content (AvgIpc) is 3.08. The minimum absolute atomic E-state index is 0.220. The third kappa shape index (κ3) is 3.78. The normalized spacial score (nSPS) is 17.9. The van der Waals surface area contributed by atoms with Crippen molar-refractivity contribution in [2.24, 2.45) is 5.92 Å². The first-order valence-corrected chi connectivity index (χ1v) is 9.75. The Hall–Kier alpha value is -2.34. The summed E-state index contributed by atoms with van der Waals surface area (Å²) in [5, 5.41) is 0. The summed E-state index contributed by atoms with van der Waals surface area (Å²) < 4.78 is 41.9. The molecule has 0 spiro atoms. The van der Waals surface area contributed by atoms with Gasteiger partial charge in [-0.25, -0.2) is 4.98 Å². The van der Waals surface area contributed by atoms with Crippen LogP contribution in [-0.4, -0.2) is 27.5 Å². The lowest BCUT2D eigenvalue weighted by molar-refractivity contribution is -0.147. The fraction of sp³-hybridized carbons (Fsp3) is 0.409. The van der Waals surface area contributed by atoms with Gasteiger partial charge in [-0.1, -0.05) is 42.5 Å². The molecule has 148 valence electrons. The molecule has 0 amide bonds. The molecule has 2 aromatic carbocycles. The van der Waals surface area contributed by atoms with Crippen molar-refractivity contribution in [2.75, 3.05) is 13.1 Å². The van der Waals surface area contributed by atoms with Crippen LogP contribution >= 0.6 is 0 Å². The Morgan fingerprint density at radius 3 is 2.32 bits per heavy atom. The molecule has 0 bridgehead atoms. The van der Waals surface area contributed by atoms with Gasteiger partial charge >= 0.3 is 6.18 Å². The standard InChI is InChI=1S/C22H24F3N3/c1-16(18-7-3-2-4-8-18)27-13-11-17(12-14-27)15-28-20-10-6-5-9-19(20)26-21(28)22(23,24)25/h2-10,16-17H,11-15H2,1H3. The van der Waals surface area contributed by atoms with Crippen molar-refractivity contribution >= 4 is 11.0 Å². The van der Waals surface area contributed by atoms with Crippen molar-refractivity contribution in [3.63, 3.8) is 0 Å². The number of imidazole rings is 1. The van der Waals surface area contributed by atoms with E-state index in [2.05, 4.69) is 28.9 Å². The van der Waals surface area contributed by atoms with E-state index < -0.39 is 12.0 Å². The van der Waals surface area contributed by atoms with Crippen LogP contribution in [0.2, 0.25) is 0 Å². The van der Waals surface area contributed by atoms with E-state index in [1.165, 1.54) is 10.1 Å². The molecule has 4 rings (SSSR count). The van der Waals surface area contributed by atoms with Crippen LogP contribution in [0.5, 0.6) is 0 Å². The maximum Gasteiger partial charge on any atom is 0.449 e. The number of hydrogen-bond acceptors (Lipinski definition) is 2. The second-order valence-corrected chi connectivity index (χ2v) is 7.60. The molecule has 1 unspecified atom stereocenters. The monoisotopic (exact) mass is 387 g/mol. The maximum absolute atomic E-state index is 13.5. The highest BCUT2D eigenvalue weighted by Crippen LogP contribution is 2.34. The van der Waals surface area contributed by atoms with Gasteiger partial charge < -0.3 is 4.57 Å². The van der Waals surface area contributed by atoms with Crippen LogP contribution in [-0.2, 0) is 12.7 Å². The Bertz CT molecular complexity index is 925. The molecule has 28 heavy (non-hydrogen) atoms. The highest BCUT2D eigenvalue weighted by atomic mass is 19.4. The van der Waals surface area contributed by atoms with Gasteiger partial charge in [-0.15, -0.1) is 0 Å². The second-order valence-electron chi connectivity index (χ2n) is 7.60. The fourth-order valence-corrected chi connectivity index (χ4v) is 4.20. The van der Waals surface area contributed by atoms with E-state index >= 15 is 0 Å². The van der Waals surface area contributed by atoms with E-state index in [0.717, 1.165) is 25.9 Å². The van der Waals surface area contributed by atoms with E-state index in [4.69, 9.17) is 0 Å². The summed E-state index contributed by atoms with van der Waals surface area (Å²) in [7, 11) is 0. The summed E-state index contributed by atoms with van der Waals surface area (Å²) in [5.74, 6) is -0.563. The fourth-order valence-electron chi connectivity index (χ4n) is 4.20. The molecule has 1 aromatic heterocycles. The molecule has 0 radical (unpaired) electrons. The van der Waals surface area contributed by atoms with E-state index in [1.807, 2.05) is 18.2 Å². The lowest BCUT2D eigenvalue weighted by Crippen LogP contribution is -2.37. The van der Waals surface area contributed by atoms with E-state index in [0.29, 0.717) is 23.6 Å². The summed E-state index contributed by atoms with van der Waals surface area (Å²) >= 11 is 0. The van der Waals surface area contributed by atoms with Gasteiger partial charge in [0.1, 0.15) is 0 Å². The lowest BCUT2D eigenvalue weighted by Gasteiger charge is -2.36. The van der Waals surface area contributed by atoms with Crippen molar-refractivity contribution in [1.29, 1.82) is 0 Å². The largest absolute Gasteiger partial charge is 0.449 e. The molecule has 6 heteroatoms. The van der Waals surface area contributed by atoms with Crippen molar-refractivity contribution < 1.29 is 13.2 Å². The highest BCUT2D eigenvalue weighted by Gasteiger charge is 2.38. The molecule has 0 aliphatic carbocycles. The van der Waals surface area contributed by atoms with Gasteiger partial charge in [-0.05, 0) is 56.5 Å². The molecule has 1 fully saturated rings. The number of halogens is 3. The quantitative estimate of drug-likeness (QED) is 0.587. The zero-order valence-corrected chi connectivity index (χ0v) is 15.9. The molecule has 1 aliphatic rings. The third-order valence-electron chi connectivity index (χ3n) is 5.83. The Kier molecular flexibility index (Phi) is 5.15. The number of fused-ring (bicyclic) bond motifs is 1. The number of benzene rings is 2. The third-order valence-corrected chi connectivity index (χ3v) is 5.83. The van der Waals surface area contributed by atoms with Crippen LogP contribution in [0, 0.1) is 5.92 Å². The van der Waals surface area contributed by atoms with E-state index in [1.54, 1.807) is 24.3 Å². The SMILES string of the molecule is CC(c1ccccc1)N1CCC(Cn2c(C(F)(F)F)nc3ccccc32)CC1. The zero-order chi connectivity index (χ0) is 19.7. The zero-order valence-electron chi connectivity index (χ0n) is 15.9. The predicted octanol–water partition coefficient (Wildman–Crippen LogP) is 5.53. The topological polar surface area (TPSA) is 21.1 Å². The Labute approximate surface area is 162 Å². The van der Waals surface area contributed by atoms with Gasteiger partial charge in [-0.3, -0.25) is 4.90 Å². The minimum atomic E-state index is -4.44. The molecular formula is C22H24F3N3. The number of hydrogen-bond donors (Lipinski definition) is 0. The minimum Gasteiger partial charge on any atom is -0.320 e. The molecule has 0 N–H and O–H groups in total. The number of piperidine rings is 1. The lowest BCUT2D eigenvalue weighted by atomic mass is 9.94. The van der Waals surface area contributed by atoms with Crippen LogP contribution in [0.1, 0.15) is 37.2 Å². The Balaban J connectivity index is 1.48. The van der Waals surface area contributed by atoms with Crippen LogP contribution in [0.4, 0.5) is 13.2 Å². The van der Waals surface area contributed by atoms with E-state index in [-0.39, 0.29) is 5.92 Å². The summed E-state index contributed by atoms with van der Waals surface area (Å²) in [6.45, 7) is 4.35. The highest BCUT2D eigenvalue weighted by molar-refractivity contribution is 5.76. The number of likely N-dealkylation sites (tertiary alicyclic amines) is 1. The Morgan fingerprint density at radius 2 is 1.64 bits per heavy atom. The van der Waals surface area contributed by atoms with Gasteiger partial charge in [0.25, 0.3) is 0 Å². The molecule has 3 aromatic rings. The summed E-state index contributed by atoms with van der Waals surface area (Å²) in [6.07, 6.45) is -2.66. The van der Waals surface area contributed by atoms with Gasteiger partial charge in [0.2, 0.25) is 5.82 Å². The molecule has 2 heterocycles. The molecule has 0 saturated carbocycles. The smallest absolute Gasteiger partial charge is 0.320 e. The second kappa shape index (κ2) is 7.59. The van der Waals surface area contributed by atoms with Crippen molar-refractivity contribution in [2.45, 2.75) is 38.5 Å². The average molecular weight is 387 g/mol. The summed E-state index contributed by atoms with van der Waals surface area (Å²) in [6, 6.07) is 17.5. The molecule has 1 atom stereocenters. The van der Waals surface area contributed by atoms with Gasteiger partial charge in [0, 0.05) is 12.6 Å². The maximum atomic E-state index is 13.5. The first-order chi connectivity index (χ1) is 13.4. The van der Waals surface area contributed by atoms with Crippen LogP contribution in [0.15, 0.2) is 54.6 Å². The molecule has 1 aliphatic heterocycles. The van der Waals surface area contributed by atoms with Crippen LogP contribution < -0.4 is 0 Å². The first-order valence-electron chi connectivity index (χ1n) is 9.75. The van der Waals surface area contributed by atoms with Gasteiger partial charge in [0.15, 0.2) is 0 Å². The number of nitrogens with zero attached hydrogens (tertiary/aromatic N) is 3. The van der Waals surface area contributed by atoms with Gasteiger partial charge in [-0.2, -0.15) is 13.2 Å². The number of rotatable bonds is 4. The molecule has 1 saturated heterocycles. The van der Waals surface area contributed by atoms with Crippen molar-refractivity contribution in [3.05, 3.63) is 66.0 Å². The number of para-hydroxylation sites is 2. The Morgan fingerprint density at radius 1 is 1.00 bits per heavy atom. The van der Waals surface area contributed by atoms with E-state index in [9.17, 15) is 13.2 Å². The first kappa shape index (κ1) is 19.0. The van der Waals surface area contributed by atoms with Crippen LogP contribution in [0.3, 0.4) is 0 Å². The summed E-state index contributed by atoms with van der Waals surface area (Å²) in [4.78, 5) is 6.28. The summed E-state index contributed by atoms with van der Waals surface area (Å²) in [5.41, 5.74) is 2.25. The predicted molar refractivity (Wildman–Crippen MR) is 104 cm³/mol. The van der Waals surface area contributed by atoms with Crippen molar-refractivity contribution in [3.8, 4) is 0 Å². The molecule has 3 nitrogen and oxygen atoms in total. The van der Waals surface area contributed by atoms with Crippen molar-refractivity contribution in [1.82, 2.24) is 14.5 Å². The van der Waals surface area contributed by atoms with Crippen LogP contribution in [0.25, 0.3) is 11.0 Å². The number of aromatic nitrogens is 2. The molecular weight excluding hydrogens is 363 g/mol. The van der Waals surface area contributed by atoms with Gasteiger partial charge in [0.05, 0.1) is 11.0 Å². The number of alkyl halides is 3.